The van der Waals surface area contributed by atoms with Crippen molar-refractivity contribution in [3.05, 3.63) is 88.4 Å². The quantitative estimate of drug-likeness (QED) is 0.205. The van der Waals surface area contributed by atoms with Crippen molar-refractivity contribution >= 4 is 46.3 Å². The van der Waals surface area contributed by atoms with Gasteiger partial charge in [-0.05, 0) is 73.2 Å². The van der Waals surface area contributed by atoms with Crippen molar-refractivity contribution < 1.29 is 19.5 Å². The van der Waals surface area contributed by atoms with Crippen LogP contribution in [0.2, 0.25) is 5.02 Å². The van der Waals surface area contributed by atoms with Gasteiger partial charge in [0.1, 0.15) is 0 Å². The number of hydrogen-bond donors (Lipinski definition) is 3. The second-order valence-electron chi connectivity index (χ2n) is 7.96. The number of benzene rings is 3. The minimum Gasteiger partial charge on any atom is -0.478 e. The molecular formula is C27H27ClN2O4. The Hall–Kier alpha value is -3.64. The molecule has 0 saturated carbocycles. The van der Waals surface area contributed by atoms with Crippen LogP contribution in [0.15, 0.2) is 66.7 Å². The Bertz CT molecular complexity index is 1160. The molecule has 0 aliphatic carbocycles. The largest absolute Gasteiger partial charge is 0.478 e. The molecule has 3 aromatic rings. The second kappa shape index (κ2) is 12.0. The normalized spacial score (nSPS) is 10.5. The Kier molecular flexibility index (Phi) is 8.82. The van der Waals surface area contributed by atoms with Gasteiger partial charge in [0.2, 0.25) is 5.91 Å². The first-order valence-electron chi connectivity index (χ1n) is 11.2. The van der Waals surface area contributed by atoms with Crippen molar-refractivity contribution in [1.29, 1.82) is 0 Å². The molecule has 176 valence electrons. The summed E-state index contributed by atoms with van der Waals surface area (Å²) in [4.78, 5) is 37.0. The molecule has 0 aliphatic heterocycles. The van der Waals surface area contributed by atoms with Gasteiger partial charge in [0, 0.05) is 39.6 Å². The van der Waals surface area contributed by atoms with Gasteiger partial charge < -0.3 is 15.7 Å². The first-order valence-corrected chi connectivity index (χ1v) is 11.6. The summed E-state index contributed by atoms with van der Waals surface area (Å²) in [6, 6.07) is 18.0. The lowest BCUT2D eigenvalue weighted by atomic mass is 9.97. The summed E-state index contributed by atoms with van der Waals surface area (Å²) in [6.07, 6.45) is 4.55. The minimum absolute atomic E-state index is 0.0629. The third kappa shape index (κ3) is 6.93. The lowest BCUT2D eigenvalue weighted by Gasteiger charge is -2.11. The van der Waals surface area contributed by atoms with Gasteiger partial charge in [0.05, 0.1) is 5.56 Å². The summed E-state index contributed by atoms with van der Waals surface area (Å²) in [7, 11) is 0. The zero-order valence-electron chi connectivity index (χ0n) is 18.9. The highest BCUT2D eigenvalue weighted by molar-refractivity contribution is 6.30. The Morgan fingerprint density at radius 2 is 1.44 bits per heavy atom. The van der Waals surface area contributed by atoms with Gasteiger partial charge in [-0.15, -0.1) is 0 Å². The number of carboxylic acid groups (broad SMARTS) is 1. The van der Waals surface area contributed by atoms with E-state index in [0.717, 1.165) is 31.4 Å². The molecule has 0 atom stereocenters. The molecule has 3 rings (SSSR count). The molecule has 0 bridgehead atoms. The maximum absolute atomic E-state index is 13.0. The Labute approximate surface area is 204 Å². The van der Waals surface area contributed by atoms with E-state index in [2.05, 4.69) is 17.6 Å². The number of halogens is 1. The molecule has 3 aromatic carbocycles. The molecule has 0 heterocycles. The smallest absolute Gasteiger partial charge is 0.336 e. The van der Waals surface area contributed by atoms with Crippen molar-refractivity contribution in [2.75, 3.05) is 10.6 Å². The van der Waals surface area contributed by atoms with Crippen LogP contribution < -0.4 is 10.6 Å². The molecule has 3 N–H and O–H groups in total. The van der Waals surface area contributed by atoms with Crippen LogP contribution in [0.25, 0.3) is 0 Å². The van der Waals surface area contributed by atoms with Gasteiger partial charge in [-0.3, -0.25) is 9.59 Å². The SMILES string of the molecule is CCCCCCC(=O)Nc1ccc(C(=O)c2ccc(Nc3ccc(Cl)cc3)cc2C(=O)O)cc1. The van der Waals surface area contributed by atoms with Crippen LogP contribution in [0, 0.1) is 0 Å². The molecule has 0 aliphatic rings. The fourth-order valence-electron chi connectivity index (χ4n) is 3.49. The molecule has 7 heteroatoms. The fourth-order valence-corrected chi connectivity index (χ4v) is 3.62. The number of carbonyl (C=O) groups is 3. The zero-order valence-corrected chi connectivity index (χ0v) is 19.7. The zero-order chi connectivity index (χ0) is 24.5. The van der Waals surface area contributed by atoms with E-state index >= 15 is 0 Å². The van der Waals surface area contributed by atoms with Crippen LogP contribution >= 0.6 is 11.6 Å². The van der Waals surface area contributed by atoms with Gasteiger partial charge in [0.15, 0.2) is 5.78 Å². The minimum atomic E-state index is -1.20. The number of aromatic carboxylic acids is 1. The van der Waals surface area contributed by atoms with Crippen molar-refractivity contribution in [2.45, 2.75) is 39.0 Å². The summed E-state index contributed by atoms with van der Waals surface area (Å²) < 4.78 is 0. The van der Waals surface area contributed by atoms with E-state index < -0.39 is 11.8 Å². The lowest BCUT2D eigenvalue weighted by molar-refractivity contribution is -0.116. The number of carboxylic acids is 1. The molecule has 34 heavy (non-hydrogen) atoms. The fraction of sp³-hybridized carbons (Fsp3) is 0.222. The third-order valence-electron chi connectivity index (χ3n) is 5.32. The number of unbranched alkanes of at least 4 members (excludes halogenated alkanes) is 3. The van der Waals surface area contributed by atoms with Gasteiger partial charge in [-0.25, -0.2) is 4.79 Å². The number of anilines is 3. The van der Waals surface area contributed by atoms with Crippen molar-refractivity contribution in [1.82, 2.24) is 0 Å². The van der Waals surface area contributed by atoms with Crippen molar-refractivity contribution in [3.8, 4) is 0 Å². The van der Waals surface area contributed by atoms with E-state index in [1.54, 1.807) is 54.6 Å². The van der Waals surface area contributed by atoms with E-state index in [1.165, 1.54) is 12.1 Å². The molecule has 1 amide bonds. The first-order chi connectivity index (χ1) is 16.4. The van der Waals surface area contributed by atoms with Crippen LogP contribution in [0.4, 0.5) is 17.1 Å². The number of amides is 1. The summed E-state index contributed by atoms with van der Waals surface area (Å²) in [5, 5.41) is 16.2. The second-order valence-corrected chi connectivity index (χ2v) is 8.40. The van der Waals surface area contributed by atoms with Gasteiger partial charge in [0.25, 0.3) is 0 Å². The molecule has 6 nitrogen and oxygen atoms in total. The van der Waals surface area contributed by atoms with E-state index in [-0.39, 0.29) is 17.0 Å². The van der Waals surface area contributed by atoms with E-state index in [9.17, 15) is 19.5 Å². The molecule has 0 aromatic heterocycles. The topological polar surface area (TPSA) is 95.5 Å². The Morgan fingerprint density at radius 1 is 0.794 bits per heavy atom. The van der Waals surface area contributed by atoms with Crippen LogP contribution in [0.3, 0.4) is 0 Å². The summed E-state index contributed by atoms with van der Waals surface area (Å²) in [5.41, 5.74) is 2.19. The van der Waals surface area contributed by atoms with E-state index in [4.69, 9.17) is 11.6 Å². The average molecular weight is 479 g/mol. The van der Waals surface area contributed by atoms with Crippen LogP contribution in [0.1, 0.15) is 65.3 Å². The standard InChI is InChI=1S/C27H27ClN2O4/c1-2-3-4-5-6-25(31)30-21-11-7-18(8-12-21)26(32)23-16-15-22(17-24(23)27(33)34)29-20-13-9-19(28)10-14-20/h7-17,29H,2-6H2,1H3,(H,30,31)(H,33,34). The van der Waals surface area contributed by atoms with Crippen LogP contribution in [-0.2, 0) is 4.79 Å². The Balaban J connectivity index is 1.71. The number of nitrogens with one attached hydrogen (secondary N) is 2. The molecule has 0 spiro atoms. The number of ketones is 1. The average Bonchev–Trinajstić information content (AvgIpc) is 2.83. The summed E-state index contributed by atoms with van der Waals surface area (Å²) in [5.74, 6) is -1.67. The molecular weight excluding hydrogens is 452 g/mol. The molecule has 0 radical (unpaired) electrons. The van der Waals surface area contributed by atoms with E-state index in [0.29, 0.717) is 28.4 Å². The summed E-state index contributed by atoms with van der Waals surface area (Å²) in [6.45, 7) is 2.12. The highest BCUT2D eigenvalue weighted by Crippen LogP contribution is 2.24. The first kappa shape index (κ1) is 25.0. The molecule has 0 fully saturated rings. The number of hydrogen-bond acceptors (Lipinski definition) is 4. The predicted octanol–water partition coefficient (Wildman–Crippen LogP) is 6.92. The number of carbonyl (C=O) groups excluding carboxylic acids is 2. The maximum Gasteiger partial charge on any atom is 0.336 e. The van der Waals surface area contributed by atoms with Crippen molar-refractivity contribution in [2.24, 2.45) is 0 Å². The highest BCUT2D eigenvalue weighted by Gasteiger charge is 2.19. The van der Waals surface area contributed by atoms with Gasteiger partial charge in [-0.2, -0.15) is 0 Å². The van der Waals surface area contributed by atoms with Crippen LogP contribution in [0.5, 0.6) is 0 Å². The lowest BCUT2D eigenvalue weighted by Crippen LogP contribution is -2.12. The molecule has 0 unspecified atom stereocenters. The maximum atomic E-state index is 13.0. The van der Waals surface area contributed by atoms with Gasteiger partial charge in [-0.1, -0.05) is 37.8 Å². The third-order valence-corrected chi connectivity index (χ3v) is 5.57. The van der Waals surface area contributed by atoms with Gasteiger partial charge >= 0.3 is 5.97 Å². The highest BCUT2D eigenvalue weighted by atomic mass is 35.5. The van der Waals surface area contributed by atoms with Crippen LogP contribution in [-0.4, -0.2) is 22.8 Å². The van der Waals surface area contributed by atoms with E-state index in [1.807, 2.05) is 0 Å². The Morgan fingerprint density at radius 3 is 2.09 bits per heavy atom. The summed E-state index contributed by atoms with van der Waals surface area (Å²) >= 11 is 5.90. The molecule has 0 saturated heterocycles. The predicted molar refractivity (Wildman–Crippen MR) is 135 cm³/mol. The van der Waals surface area contributed by atoms with Crippen molar-refractivity contribution in [3.63, 3.8) is 0 Å². The monoisotopic (exact) mass is 478 g/mol. The number of rotatable bonds is 11.